The van der Waals surface area contributed by atoms with Gasteiger partial charge in [0.05, 0.1) is 5.56 Å². The summed E-state index contributed by atoms with van der Waals surface area (Å²) >= 11 is 1.38. The van der Waals surface area contributed by atoms with Gasteiger partial charge >= 0.3 is 6.36 Å². The zero-order chi connectivity index (χ0) is 13.9. The van der Waals surface area contributed by atoms with Crippen molar-refractivity contribution < 1.29 is 22.7 Å². The number of thiophene rings is 1. The van der Waals surface area contributed by atoms with E-state index in [-0.39, 0.29) is 12.0 Å². The van der Waals surface area contributed by atoms with Crippen LogP contribution in [0, 0.1) is 0 Å². The van der Waals surface area contributed by atoms with E-state index in [4.69, 9.17) is 0 Å². The topological polar surface area (TPSA) is 26.3 Å². The Kier molecular flexibility index (Phi) is 3.90. The lowest BCUT2D eigenvalue weighted by molar-refractivity contribution is -0.274. The molecule has 0 aliphatic rings. The maximum Gasteiger partial charge on any atom is 0.573 e. The van der Waals surface area contributed by atoms with Gasteiger partial charge in [-0.05, 0) is 23.6 Å². The molecule has 0 unspecified atom stereocenters. The minimum absolute atomic E-state index is 0.0618. The first-order valence-electron chi connectivity index (χ1n) is 5.36. The minimum Gasteiger partial charge on any atom is -0.405 e. The van der Waals surface area contributed by atoms with Crippen molar-refractivity contribution in [3.8, 4) is 5.75 Å². The molecular formula is C13H9F3O2S. The maximum absolute atomic E-state index is 12.2. The number of carbonyl (C=O) groups is 1. The first-order chi connectivity index (χ1) is 8.96. The Bertz CT molecular complexity index is 562. The lowest BCUT2D eigenvalue weighted by Crippen LogP contribution is -2.19. The van der Waals surface area contributed by atoms with Crippen LogP contribution in [-0.4, -0.2) is 12.1 Å². The second-order valence-electron chi connectivity index (χ2n) is 3.72. The van der Waals surface area contributed by atoms with Crippen molar-refractivity contribution in [2.45, 2.75) is 12.8 Å². The quantitative estimate of drug-likeness (QED) is 0.792. The summed E-state index contributed by atoms with van der Waals surface area (Å²) in [7, 11) is 0. The van der Waals surface area contributed by atoms with Gasteiger partial charge in [0.15, 0.2) is 5.78 Å². The van der Waals surface area contributed by atoms with Gasteiger partial charge < -0.3 is 4.74 Å². The molecule has 0 amide bonds. The second-order valence-corrected chi connectivity index (χ2v) is 4.76. The molecule has 0 saturated carbocycles. The molecule has 0 fully saturated rings. The van der Waals surface area contributed by atoms with E-state index >= 15 is 0 Å². The van der Waals surface area contributed by atoms with Crippen LogP contribution in [0.2, 0.25) is 0 Å². The fourth-order valence-electron chi connectivity index (χ4n) is 1.58. The highest BCUT2D eigenvalue weighted by molar-refractivity contribution is 7.10. The van der Waals surface area contributed by atoms with Gasteiger partial charge in [-0.25, -0.2) is 0 Å². The summed E-state index contributed by atoms with van der Waals surface area (Å²) in [4.78, 5) is 12.8. The van der Waals surface area contributed by atoms with Gasteiger partial charge in [-0.3, -0.25) is 4.79 Å². The van der Waals surface area contributed by atoms with Gasteiger partial charge in [0.2, 0.25) is 0 Å². The van der Waals surface area contributed by atoms with E-state index in [1.54, 1.807) is 17.5 Å². The minimum atomic E-state index is -4.81. The molecule has 0 spiro atoms. The molecule has 1 heterocycles. The predicted molar refractivity (Wildman–Crippen MR) is 65.5 cm³/mol. The number of ketones is 1. The molecule has 0 bridgehead atoms. The third-order valence-electron chi connectivity index (χ3n) is 2.33. The number of halogens is 3. The van der Waals surface area contributed by atoms with E-state index < -0.39 is 17.9 Å². The van der Waals surface area contributed by atoms with Crippen LogP contribution in [-0.2, 0) is 6.42 Å². The first kappa shape index (κ1) is 13.6. The highest BCUT2D eigenvalue weighted by Gasteiger charge is 2.32. The Morgan fingerprint density at radius 2 is 1.89 bits per heavy atom. The van der Waals surface area contributed by atoms with Crippen molar-refractivity contribution in [3.05, 3.63) is 52.2 Å². The van der Waals surface area contributed by atoms with Gasteiger partial charge in [0, 0.05) is 11.3 Å². The SMILES string of the molecule is O=C(Cc1cccs1)c1ccccc1OC(F)(F)F. The van der Waals surface area contributed by atoms with Crippen LogP contribution < -0.4 is 4.74 Å². The summed E-state index contributed by atoms with van der Waals surface area (Å²) in [6.07, 6.45) is -4.74. The molecule has 1 aromatic carbocycles. The molecule has 0 aliphatic heterocycles. The van der Waals surface area contributed by atoms with Crippen molar-refractivity contribution >= 4 is 17.1 Å². The Hall–Kier alpha value is -1.82. The molecule has 19 heavy (non-hydrogen) atoms. The second kappa shape index (κ2) is 5.44. The van der Waals surface area contributed by atoms with Crippen LogP contribution >= 0.6 is 11.3 Å². The molecule has 0 atom stereocenters. The van der Waals surface area contributed by atoms with Crippen molar-refractivity contribution in [2.75, 3.05) is 0 Å². The van der Waals surface area contributed by atoms with E-state index in [9.17, 15) is 18.0 Å². The number of para-hydroxylation sites is 1. The zero-order valence-electron chi connectivity index (χ0n) is 9.61. The summed E-state index contributed by atoms with van der Waals surface area (Å²) in [6, 6.07) is 8.90. The molecule has 0 N–H and O–H groups in total. The number of ether oxygens (including phenoxy) is 1. The van der Waals surface area contributed by atoms with Crippen molar-refractivity contribution in [3.63, 3.8) is 0 Å². The Labute approximate surface area is 111 Å². The Balaban J connectivity index is 2.21. The Morgan fingerprint density at radius 1 is 1.16 bits per heavy atom. The van der Waals surface area contributed by atoms with Gasteiger partial charge in [-0.1, -0.05) is 18.2 Å². The van der Waals surface area contributed by atoms with E-state index in [2.05, 4.69) is 4.74 Å². The third kappa shape index (κ3) is 3.82. The lowest BCUT2D eigenvalue weighted by atomic mass is 10.1. The molecule has 2 nitrogen and oxygen atoms in total. The number of hydrogen-bond donors (Lipinski definition) is 0. The first-order valence-corrected chi connectivity index (χ1v) is 6.24. The van der Waals surface area contributed by atoms with Crippen LogP contribution in [0.25, 0.3) is 0 Å². The number of hydrogen-bond acceptors (Lipinski definition) is 3. The number of benzene rings is 1. The maximum atomic E-state index is 12.2. The number of Topliss-reactive ketones (excluding diaryl/α,β-unsaturated/α-hetero) is 1. The van der Waals surface area contributed by atoms with Crippen LogP contribution in [0.1, 0.15) is 15.2 Å². The van der Waals surface area contributed by atoms with Crippen molar-refractivity contribution in [1.29, 1.82) is 0 Å². The summed E-state index contributed by atoms with van der Waals surface area (Å²) in [6.45, 7) is 0. The molecule has 2 aromatic rings. The summed E-state index contributed by atoms with van der Waals surface area (Å²) in [5.41, 5.74) is -0.0618. The normalized spacial score (nSPS) is 11.3. The van der Waals surface area contributed by atoms with Crippen LogP contribution in [0.15, 0.2) is 41.8 Å². The molecule has 1 aromatic heterocycles. The average molecular weight is 286 g/mol. The zero-order valence-corrected chi connectivity index (χ0v) is 10.4. The molecule has 0 radical (unpaired) electrons. The summed E-state index contributed by atoms with van der Waals surface area (Å²) in [5.74, 6) is -0.862. The fraction of sp³-hybridized carbons (Fsp3) is 0.154. The molecule has 6 heteroatoms. The van der Waals surface area contributed by atoms with Gasteiger partial charge in [0.1, 0.15) is 5.75 Å². The standard InChI is InChI=1S/C13H9F3O2S/c14-13(15,16)18-12-6-2-1-5-10(12)11(17)8-9-4-3-7-19-9/h1-7H,8H2. The van der Waals surface area contributed by atoms with Crippen molar-refractivity contribution in [1.82, 2.24) is 0 Å². The third-order valence-corrected chi connectivity index (χ3v) is 3.20. The average Bonchev–Trinajstić information content (AvgIpc) is 2.80. The number of rotatable bonds is 4. The number of alkyl halides is 3. The molecule has 2 rings (SSSR count). The fourth-order valence-corrected chi connectivity index (χ4v) is 2.28. The highest BCUT2D eigenvalue weighted by Crippen LogP contribution is 2.27. The van der Waals surface area contributed by atoms with Gasteiger partial charge in [-0.2, -0.15) is 0 Å². The highest BCUT2D eigenvalue weighted by atomic mass is 32.1. The predicted octanol–water partition coefficient (Wildman–Crippen LogP) is 4.07. The summed E-state index contributed by atoms with van der Waals surface area (Å²) in [5, 5.41) is 1.81. The summed E-state index contributed by atoms with van der Waals surface area (Å²) < 4.78 is 40.5. The molecule has 0 aliphatic carbocycles. The van der Waals surface area contributed by atoms with Gasteiger partial charge in [0.25, 0.3) is 0 Å². The van der Waals surface area contributed by atoms with Crippen LogP contribution in [0.4, 0.5) is 13.2 Å². The van der Waals surface area contributed by atoms with Crippen LogP contribution in [0.5, 0.6) is 5.75 Å². The van der Waals surface area contributed by atoms with E-state index in [0.717, 1.165) is 10.9 Å². The number of carbonyl (C=O) groups excluding carboxylic acids is 1. The molecule has 0 saturated heterocycles. The van der Waals surface area contributed by atoms with E-state index in [0.29, 0.717) is 0 Å². The molecule has 100 valence electrons. The smallest absolute Gasteiger partial charge is 0.405 e. The van der Waals surface area contributed by atoms with Crippen LogP contribution in [0.3, 0.4) is 0 Å². The van der Waals surface area contributed by atoms with Crippen molar-refractivity contribution in [2.24, 2.45) is 0 Å². The lowest BCUT2D eigenvalue weighted by Gasteiger charge is -2.12. The molecular weight excluding hydrogens is 277 g/mol. The van der Waals surface area contributed by atoms with Gasteiger partial charge in [-0.15, -0.1) is 24.5 Å². The van der Waals surface area contributed by atoms with E-state index in [1.165, 1.54) is 29.5 Å². The monoisotopic (exact) mass is 286 g/mol. The Morgan fingerprint density at radius 3 is 2.53 bits per heavy atom. The largest absolute Gasteiger partial charge is 0.573 e. The van der Waals surface area contributed by atoms with E-state index in [1.807, 2.05) is 0 Å².